The van der Waals surface area contributed by atoms with Crippen LogP contribution in [0.25, 0.3) is 10.2 Å². The monoisotopic (exact) mass is 515 g/mol. The molecule has 3 aromatic rings. The molecule has 1 saturated heterocycles. The summed E-state index contributed by atoms with van der Waals surface area (Å²) in [4.78, 5) is 29.8. The van der Waals surface area contributed by atoms with Crippen LogP contribution in [0, 0.1) is 18.8 Å². The van der Waals surface area contributed by atoms with Crippen molar-refractivity contribution >= 4 is 43.5 Å². The van der Waals surface area contributed by atoms with Gasteiger partial charge in [-0.05, 0) is 61.1 Å². The number of hydrogen-bond donors (Lipinski definition) is 0. The molecule has 2 heterocycles. The average Bonchev–Trinajstić information content (AvgIpc) is 3.16. The van der Waals surface area contributed by atoms with Gasteiger partial charge in [0, 0.05) is 18.7 Å². The normalized spacial score (nSPS) is 19.7. The lowest BCUT2D eigenvalue weighted by atomic mass is 9.94. The first-order chi connectivity index (χ1) is 16.6. The maximum atomic E-state index is 13.1. The minimum Gasteiger partial charge on any atom is -0.468 e. The summed E-state index contributed by atoms with van der Waals surface area (Å²) in [5.41, 5.74) is 2.04. The summed E-state index contributed by atoms with van der Waals surface area (Å²) in [6.07, 6.45) is 1.01. The smallest absolute Gasteiger partial charge is 0.325 e. The fourth-order valence-electron chi connectivity index (χ4n) is 4.60. The third kappa shape index (κ3) is 5.24. The third-order valence-electron chi connectivity index (χ3n) is 6.19. The van der Waals surface area contributed by atoms with E-state index in [1.807, 2.05) is 25.1 Å². The first-order valence-corrected chi connectivity index (χ1v) is 13.7. The van der Waals surface area contributed by atoms with Crippen LogP contribution in [0.5, 0.6) is 0 Å². The molecular formula is C25H29N3O5S2. The van der Waals surface area contributed by atoms with Crippen LogP contribution in [0.15, 0.2) is 52.4 Å². The van der Waals surface area contributed by atoms with E-state index in [0.29, 0.717) is 29.7 Å². The number of para-hydroxylation sites is 1. The molecule has 2 unspecified atom stereocenters. The fourth-order valence-corrected chi connectivity index (χ4v) is 7.39. The van der Waals surface area contributed by atoms with Crippen LogP contribution in [-0.4, -0.2) is 49.4 Å². The van der Waals surface area contributed by atoms with Crippen LogP contribution >= 0.6 is 11.3 Å². The number of thiazole rings is 1. The Morgan fingerprint density at radius 2 is 1.74 bits per heavy atom. The number of amides is 1. The van der Waals surface area contributed by atoms with Crippen molar-refractivity contribution in [2.24, 2.45) is 16.8 Å². The number of aryl methyl sites for hydroxylation is 1. The summed E-state index contributed by atoms with van der Waals surface area (Å²) in [7, 11) is -2.32. The van der Waals surface area contributed by atoms with Gasteiger partial charge in [0.05, 0.1) is 22.2 Å². The molecule has 0 bridgehead atoms. The first kappa shape index (κ1) is 25.3. The average molecular weight is 516 g/mol. The molecule has 4 rings (SSSR count). The molecule has 2 atom stereocenters. The van der Waals surface area contributed by atoms with E-state index < -0.39 is 21.9 Å². The molecule has 8 nitrogen and oxygen atoms in total. The molecule has 35 heavy (non-hydrogen) atoms. The van der Waals surface area contributed by atoms with Crippen molar-refractivity contribution in [3.05, 3.63) is 58.4 Å². The number of carbonyl (C=O) groups excluding carboxylic acids is 2. The summed E-state index contributed by atoms with van der Waals surface area (Å²) >= 11 is 1.31. The van der Waals surface area contributed by atoms with Crippen LogP contribution in [0.4, 0.5) is 0 Å². The molecule has 2 aromatic carbocycles. The van der Waals surface area contributed by atoms with Crippen LogP contribution in [0.3, 0.4) is 0 Å². The molecular weight excluding hydrogens is 486 g/mol. The maximum Gasteiger partial charge on any atom is 0.325 e. The second kappa shape index (κ2) is 10.0. The van der Waals surface area contributed by atoms with E-state index >= 15 is 0 Å². The highest BCUT2D eigenvalue weighted by Gasteiger charge is 2.31. The van der Waals surface area contributed by atoms with Crippen LogP contribution in [0.1, 0.15) is 36.2 Å². The van der Waals surface area contributed by atoms with Crippen molar-refractivity contribution in [2.45, 2.75) is 38.6 Å². The number of sulfonamides is 1. The van der Waals surface area contributed by atoms with Crippen LogP contribution in [0.2, 0.25) is 0 Å². The molecule has 1 aromatic heterocycles. The highest BCUT2D eigenvalue weighted by molar-refractivity contribution is 7.89. The number of carbonyl (C=O) groups is 2. The van der Waals surface area contributed by atoms with E-state index in [2.05, 4.69) is 18.8 Å². The summed E-state index contributed by atoms with van der Waals surface area (Å²) in [5, 5.41) is 0. The van der Waals surface area contributed by atoms with E-state index in [4.69, 9.17) is 4.74 Å². The molecule has 1 fully saturated rings. The number of piperidine rings is 1. The van der Waals surface area contributed by atoms with Crippen molar-refractivity contribution in [1.82, 2.24) is 8.87 Å². The SMILES string of the molecule is COC(=O)Cn1c(=NC(=O)c2ccc(S(=O)(=O)N3CC(C)CC(C)C3)cc2)sc2cccc(C)c21. The van der Waals surface area contributed by atoms with Crippen molar-refractivity contribution in [3.8, 4) is 0 Å². The van der Waals surface area contributed by atoms with Gasteiger partial charge in [0.1, 0.15) is 6.54 Å². The van der Waals surface area contributed by atoms with Gasteiger partial charge in [-0.2, -0.15) is 9.30 Å². The number of hydrogen-bond acceptors (Lipinski definition) is 6. The summed E-state index contributed by atoms with van der Waals surface area (Å²) in [6.45, 7) is 6.96. The Hall–Kier alpha value is -2.82. The van der Waals surface area contributed by atoms with E-state index in [1.54, 1.807) is 4.57 Å². The summed E-state index contributed by atoms with van der Waals surface area (Å²) in [6, 6.07) is 11.6. The minimum absolute atomic E-state index is 0.0721. The van der Waals surface area contributed by atoms with Crippen molar-refractivity contribution < 1.29 is 22.7 Å². The van der Waals surface area contributed by atoms with Gasteiger partial charge in [0.2, 0.25) is 10.0 Å². The van der Waals surface area contributed by atoms with Gasteiger partial charge in [-0.25, -0.2) is 8.42 Å². The third-order valence-corrected chi connectivity index (χ3v) is 9.08. The second-order valence-corrected chi connectivity index (χ2v) is 12.1. The topological polar surface area (TPSA) is 98.0 Å². The zero-order chi connectivity index (χ0) is 25.3. The predicted molar refractivity (Wildman–Crippen MR) is 135 cm³/mol. The fraction of sp³-hybridized carbons (Fsp3) is 0.400. The van der Waals surface area contributed by atoms with Gasteiger partial charge in [0.15, 0.2) is 4.80 Å². The molecule has 10 heteroatoms. The lowest BCUT2D eigenvalue weighted by Crippen LogP contribution is -2.42. The zero-order valence-corrected chi connectivity index (χ0v) is 21.9. The first-order valence-electron chi connectivity index (χ1n) is 11.4. The number of rotatable bonds is 5. The summed E-state index contributed by atoms with van der Waals surface area (Å²) in [5.74, 6) is -0.362. The number of benzene rings is 2. The van der Waals surface area contributed by atoms with Gasteiger partial charge in [0.25, 0.3) is 5.91 Å². The van der Waals surface area contributed by atoms with Gasteiger partial charge >= 0.3 is 5.97 Å². The van der Waals surface area contributed by atoms with E-state index in [1.165, 1.54) is 47.0 Å². The van der Waals surface area contributed by atoms with Gasteiger partial charge in [-0.1, -0.05) is 37.3 Å². The van der Waals surface area contributed by atoms with Gasteiger partial charge < -0.3 is 9.30 Å². The molecule has 1 aliphatic heterocycles. The molecule has 0 N–H and O–H groups in total. The number of methoxy groups -OCH3 is 1. The Morgan fingerprint density at radius 3 is 2.37 bits per heavy atom. The molecule has 0 radical (unpaired) electrons. The lowest BCUT2D eigenvalue weighted by molar-refractivity contribution is -0.141. The van der Waals surface area contributed by atoms with Crippen molar-refractivity contribution in [1.29, 1.82) is 0 Å². The molecule has 0 spiro atoms. The van der Waals surface area contributed by atoms with E-state index in [-0.39, 0.29) is 17.0 Å². The highest BCUT2D eigenvalue weighted by atomic mass is 32.2. The number of esters is 1. The quantitative estimate of drug-likeness (QED) is 0.484. The standard InChI is InChI=1S/C25H29N3O5S2/c1-16-12-17(2)14-27(13-16)35(31,32)20-10-8-19(9-11-20)24(30)26-25-28(15-22(29)33-4)23-18(3)6-5-7-21(23)34-25/h5-11,16-17H,12-15H2,1-4H3. The van der Waals surface area contributed by atoms with Crippen molar-refractivity contribution in [3.63, 3.8) is 0 Å². The Morgan fingerprint density at radius 1 is 1.09 bits per heavy atom. The maximum absolute atomic E-state index is 13.1. The highest BCUT2D eigenvalue weighted by Crippen LogP contribution is 2.27. The van der Waals surface area contributed by atoms with Gasteiger partial charge in [-0.3, -0.25) is 9.59 Å². The number of aromatic nitrogens is 1. The largest absolute Gasteiger partial charge is 0.468 e. The molecule has 0 aliphatic carbocycles. The Kier molecular flexibility index (Phi) is 7.25. The molecule has 186 valence electrons. The molecule has 1 amide bonds. The van der Waals surface area contributed by atoms with E-state index in [0.717, 1.165) is 22.2 Å². The Bertz CT molecular complexity index is 1430. The summed E-state index contributed by atoms with van der Waals surface area (Å²) < 4.78 is 35.2. The molecule has 0 saturated carbocycles. The lowest BCUT2D eigenvalue weighted by Gasteiger charge is -2.34. The number of nitrogens with zero attached hydrogens (tertiary/aromatic N) is 3. The van der Waals surface area contributed by atoms with E-state index in [9.17, 15) is 18.0 Å². The second-order valence-electron chi connectivity index (χ2n) is 9.18. The Balaban J connectivity index is 1.66. The molecule has 1 aliphatic rings. The zero-order valence-electron chi connectivity index (χ0n) is 20.2. The van der Waals surface area contributed by atoms with Crippen LogP contribution in [-0.2, 0) is 26.1 Å². The minimum atomic E-state index is -3.64. The van der Waals surface area contributed by atoms with Crippen molar-refractivity contribution in [2.75, 3.05) is 20.2 Å². The Labute approximate surface area is 208 Å². The van der Waals surface area contributed by atoms with Gasteiger partial charge in [-0.15, -0.1) is 0 Å². The number of fused-ring (bicyclic) bond motifs is 1. The predicted octanol–water partition coefficient (Wildman–Crippen LogP) is 3.59. The number of ether oxygens (including phenoxy) is 1. The van der Waals surface area contributed by atoms with Crippen LogP contribution < -0.4 is 4.80 Å².